The van der Waals surface area contributed by atoms with E-state index in [-0.39, 0.29) is 0 Å². The number of anilines is 1. The van der Waals surface area contributed by atoms with Crippen molar-refractivity contribution in [2.45, 2.75) is 6.54 Å². The molecule has 1 aliphatic rings. The van der Waals surface area contributed by atoms with Gasteiger partial charge in [0.1, 0.15) is 0 Å². The molecule has 5 rings (SSSR count). The van der Waals surface area contributed by atoms with Crippen LogP contribution in [0, 0.1) is 0 Å². The molecule has 35 heavy (non-hydrogen) atoms. The second-order valence-electron chi connectivity index (χ2n) is 9.57. The molecule has 0 aliphatic carbocycles. The van der Waals surface area contributed by atoms with Crippen LogP contribution in [0.2, 0.25) is 0 Å². The van der Waals surface area contributed by atoms with Gasteiger partial charge in [0.15, 0.2) is 5.65 Å². The van der Waals surface area contributed by atoms with Crippen molar-refractivity contribution in [3.05, 3.63) is 72.4 Å². The van der Waals surface area contributed by atoms with Crippen LogP contribution in [0.15, 0.2) is 66.9 Å². The summed E-state index contributed by atoms with van der Waals surface area (Å²) in [5.74, 6) is 0.772. The largest absolute Gasteiger partial charge is 0.354 e. The van der Waals surface area contributed by atoms with Crippen molar-refractivity contribution in [2.75, 3.05) is 58.3 Å². The maximum absolute atomic E-state index is 5.09. The zero-order valence-corrected chi connectivity index (χ0v) is 20.7. The van der Waals surface area contributed by atoms with Gasteiger partial charge in [0.25, 0.3) is 0 Å². The Morgan fingerprint density at radius 1 is 0.886 bits per heavy atom. The van der Waals surface area contributed by atoms with E-state index in [1.54, 1.807) is 0 Å². The number of hydrogen-bond donors (Lipinski definition) is 2. The number of likely N-dealkylation sites (N-methyl/N-ethyl adjacent to an activating group) is 1. The van der Waals surface area contributed by atoms with Gasteiger partial charge in [-0.15, -0.1) is 0 Å². The fraction of sp³-hybridized carbons (Fsp3) is 0.321. The van der Waals surface area contributed by atoms with Crippen molar-refractivity contribution in [1.82, 2.24) is 19.9 Å². The third-order valence-electron chi connectivity index (χ3n) is 6.74. The second kappa shape index (κ2) is 10.5. The van der Waals surface area contributed by atoms with Gasteiger partial charge in [-0.05, 0) is 11.6 Å². The predicted octanol–water partition coefficient (Wildman–Crippen LogP) is 1.37. The zero-order valence-electron chi connectivity index (χ0n) is 20.7. The molecule has 3 heterocycles. The molecule has 1 aliphatic heterocycles. The standard InChI is InChI=1S/C28H33N7/c1-33(2)12-13-34-14-16-35(17-15-34)28-30-20-24-18-25(22-6-4-3-5-7-22)26(31-27(24)32-28)23-10-8-21(19-29)9-11-23/h3-11,18,20H,12-17,19,29H2,1-2H3/p+2. The molecular weight excluding hydrogens is 434 g/mol. The van der Waals surface area contributed by atoms with Gasteiger partial charge in [0.2, 0.25) is 5.95 Å². The molecule has 7 heteroatoms. The number of aromatic nitrogens is 3. The van der Waals surface area contributed by atoms with Crippen LogP contribution in [-0.2, 0) is 6.54 Å². The van der Waals surface area contributed by atoms with E-state index in [0.29, 0.717) is 0 Å². The first kappa shape index (κ1) is 23.4. The molecule has 180 valence electrons. The van der Waals surface area contributed by atoms with Gasteiger partial charge in [-0.1, -0.05) is 54.6 Å². The number of quaternary nitrogens is 2. The second-order valence-corrected chi connectivity index (χ2v) is 9.57. The van der Waals surface area contributed by atoms with Crippen LogP contribution < -0.4 is 15.5 Å². The van der Waals surface area contributed by atoms with E-state index >= 15 is 0 Å². The van der Waals surface area contributed by atoms with Gasteiger partial charge >= 0.3 is 0 Å². The molecule has 0 spiro atoms. The average Bonchev–Trinajstić information content (AvgIpc) is 2.91. The van der Waals surface area contributed by atoms with Gasteiger partial charge in [-0.2, -0.15) is 4.98 Å². The summed E-state index contributed by atoms with van der Waals surface area (Å²) in [5, 5.41) is 0.957. The topological polar surface area (TPSA) is 77.2 Å². The van der Waals surface area contributed by atoms with Crippen molar-refractivity contribution in [3.8, 4) is 22.4 Å². The maximum Gasteiger partial charge on any atom is 0.227 e. The summed E-state index contributed by atoms with van der Waals surface area (Å²) in [5.41, 5.74) is 10.2. The molecule has 0 amide bonds. The molecule has 1 saturated heterocycles. The van der Waals surface area contributed by atoms with E-state index < -0.39 is 0 Å². The van der Waals surface area contributed by atoms with Crippen molar-refractivity contribution >= 4 is 17.0 Å². The first-order valence-electron chi connectivity index (χ1n) is 12.5. The van der Waals surface area contributed by atoms with Crippen LogP contribution in [0.5, 0.6) is 0 Å². The first-order chi connectivity index (χ1) is 17.1. The van der Waals surface area contributed by atoms with Crippen molar-refractivity contribution in [1.29, 1.82) is 0 Å². The number of rotatable bonds is 7. The number of benzene rings is 2. The number of pyridine rings is 1. The SMILES string of the molecule is C[NH+](C)CCN1CCN(c2ncc3cc(-c4ccccc4)c(-c4ccc(C[NH3+])cc4)nc3n2)CC1. The highest BCUT2D eigenvalue weighted by Crippen LogP contribution is 2.33. The molecule has 2 aromatic carbocycles. The average molecular weight is 470 g/mol. The molecule has 1 fully saturated rings. The fourth-order valence-corrected chi connectivity index (χ4v) is 4.55. The summed E-state index contributed by atoms with van der Waals surface area (Å²) < 4.78 is 0. The highest BCUT2D eigenvalue weighted by molar-refractivity contribution is 5.90. The van der Waals surface area contributed by atoms with Crippen LogP contribution in [0.1, 0.15) is 5.56 Å². The summed E-state index contributed by atoms with van der Waals surface area (Å²) in [4.78, 5) is 21.1. The highest BCUT2D eigenvalue weighted by atomic mass is 15.3. The third kappa shape index (κ3) is 5.32. The Morgan fingerprint density at radius 3 is 2.31 bits per heavy atom. The molecule has 4 N–H and O–H groups in total. The molecule has 0 saturated carbocycles. The van der Waals surface area contributed by atoms with Crippen molar-refractivity contribution < 1.29 is 10.6 Å². The van der Waals surface area contributed by atoms with E-state index in [0.717, 1.165) is 78.6 Å². The number of nitrogens with one attached hydrogen (secondary N) is 1. The van der Waals surface area contributed by atoms with Crippen molar-refractivity contribution in [3.63, 3.8) is 0 Å². The highest BCUT2D eigenvalue weighted by Gasteiger charge is 2.20. The minimum atomic E-state index is 0.740. The zero-order chi connectivity index (χ0) is 24.2. The molecule has 2 aromatic heterocycles. The van der Waals surface area contributed by atoms with Crippen LogP contribution in [-0.4, -0.2) is 73.2 Å². The molecular formula is C28H35N7+2. The molecule has 4 aromatic rings. The lowest BCUT2D eigenvalue weighted by atomic mass is 9.98. The van der Waals surface area contributed by atoms with E-state index in [1.807, 2.05) is 12.3 Å². The van der Waals surface area contributed by atoms with Gasteiger partial charge < -0.3 is 15.5 Å². The molecule has 0 unspecified atom stereocenters. The Balaban J connectivity index is 1.47. The lowest BCUT2D eigenvalue weighted by Gasteiger charge is -2.34. The van der Waals surface area contributed by atoms with E-state index in [2.05, 4.69) is 84.2 Å². The van der Waals surface area contributed by atoms with Crippen LogP contribution >= 0.6 is 0 Å². The molecule has 0 atom stereocenters. The normalized spacial score (nSPS) is 14.7. The van der Waals surface area contributed by atoms with Gasteiger partial charge in [0.05, 0.1) is 32.9 Å². The summed E-state index contributed by atoms with van der Waals surface area (Å²) in [7, 11) is 4.41. The predicted molar refractivity (Wildman–Crippen MR) is 141 cm³/mol. The fourth-order valence-electron chi connectivity index (χ4n) is 4.55. The van der Waals surface area contributed by atoms with Crippen molar-refractivity contribution in [2.24, 2.45) is 0 Å². The van der Waals surface area contributed by atoms with Gasteiger partial charge in [-0.25, -0.2) is 9.97 Å². The summed E-state index contributed by atoms with van der Waals surface area (Å²) in [6, 6.07) is 21.1. The Bertz CT molecular complexity index is 1260. The van der Waals surface area contributed by atoms with Gasteiger partial charge in [-0.3, -0.25) is 4.90 Å². The Kier molecular flexibility index (Phi) is 6.99. The van der Waals surface area contributed by atoms with Crippen LogP contribution in [0.4, 0.5) is 5.95 Å². The van der Waals surface area contributed by atoms with Gasteiger partial charge in [0, 0.05) is 61.0 Å². The summed E-state index contributed by atoms with van der Waals surface area (Å²) >= 11 is 0. The smallest absolute Gasteiger partial charge is 0.227 e. The Labute approximate surface area is 207 Å². The number of nitrogens with zero attached hydrogens (tertiary/aromatic N) is 5. The first-order valence-corrected chi connectivity index (χ1v) is 12.5. The van der Waals surface area contributed by atoms with Crippen LogP contribution in [0.25, 0.3) is 33.4 Å². The molecule has 7 nitrogen and oxygen atoms in total. The minimum Gasteiger partial charge on any atom is -0.354 e. The van der Waals surface area contributed by atoms with E-state index in [9.17, 15) is 0 Å². The summed E-state index contributed by atoms with van der Waals surface area (Å²) in [6.45, 7) is 7.04. The van der Waals surface area contributed by atoms with E-state index in [4.69, 9.17) is 15.0 Å². The Hall–Kier alpha value is -3.39. The number of fused-ring (bicyclic) bond motifs is 1. The quantitative estimate of drug-likeness (QED) is 0.428. The van der Waals surface area contributed by atoms with E-state index in [1.165, 1.54) is 17.0 Å². The Morgan fingerprint density at radius 2 is 1.63 bits per heavy atom. The lowest BCUT2D eigenvalue weighted by Crippen LogP contribution is -3.06. The van der Waals surface area contributed by atoms with Crippen LogP contribution in [0.3, 0.4) is 0 Å². The minimum absolute atomic E-state index is 0.740. The lowest BCUT2D eigenvalue weighted by molar-refractivity contribution is -0.857. The molecule has 0 radical (unpaired) electrons. The third-order valence-corrected chi connectivity index (χ3v) is 6.74. The monoisotopic (exact) mass is 469 g/mol. The number of hydrogen-bond acceptors (Lipinski definition) is 5. The maximum atomic E-state index is 5.09. The molecule has 0 bridgehead atoms. The number of piperazine rings is 1. The summed E-state index contributed by atoms with van der Waals surface area (Å²) in [6.07, 6.45) is 1.93.